The first kappa shape index (κ1) is 53.4. The summed E-state index contributed by atoms with van der Waals surface area (Å²) in [5, 5.41) is 38.4. The number of aromatic nitrogens is 3. The Balaban J connectivity index is 0.000000242. The topological polar surface area (TPSA) is 169 Å². The van der Waals surface area contributed by atoms with Crippen molar-refractivity contribution in [2.45, 2.75) is 41.5 Å². The number of fused-ring (bicyclic) bond motifs is 3. The molecule has 3 aromatic carbocycles. The summed E-state index contributed by atoms with van der Waals surface area (Å²) in [6.45, 7) is 15.1. The van der Waals surface area contributed by atoms with Crippen LogP contribution < -0.4 is 15.3 Å². The molecule has 0 saturated heterocycles. The van der Waals surface area contributed by atoms with Crippen molar-refractivity contribution in [3.05, 3.63) is 98.5 Å². The third-order valence-corrected chi connectivity index (χ3v) is 13.1. The quantitative estimate of drug-likeness (QED) is 0.137. The first-order chi connectivity index (χ1) is 28.5. The Labute approximate surface area is 443 Å². The zero-order chi connectivity index (χ0) is 44.6. The molecule has 1 radical (unpaired) electrons. The average Bonchev–Trinajstić information content (AvgIpc) is 3.25. The van der Waals surface area contributed by atoms with E-state index in [1.54, 1.807) is 69.3 Å². The van der Waals surface area contributed by atoms with Crippen molar-refractivity contribution in [2.75, 3.05) is 39.3 Å². The molecule has 0 bridgehead atoms. The SMILES string of the molecule is CCN(CC)C(=O)c1ccc2c(Br)cc(Br)c([O-])c2n1.CCN(CC)C(=O)c1ccc2c(Br)cc(Br)c([O-])c2n1.CCN(CC)C(=O)c1ccc2c(Br)cc(Br)c([O-])c2n1.[Yb+3]. The van der Waals surface area contributed by atoms with E-state index in [0.717, 1.165) is 13.4 Å². The maximum Gasteiger partial charge on any atom is 3.00 e. The summed E-state index contributed by atoms with van der Waals surface area (Å²) in [6, 6.07) is 15.3. The van der Waals surface area contributed by atoms with Crippen molar-refractivity contribution >= 4 is 146 Å². The van der Waals surface area contributed by atoms with Gasteiger partial charge in [0, 0.05) is 82.3 Å². The number of nitrogens with zero attached hydrogens (tertiary/aromatic N) is 6. The van der Waals surface area contributed by atoms with Crippen molar-refractivity contribution in [3.8, 4) is 17.2 Å². The number of hydrogen-bond donors (Lipinski definition) is 0. The standard InChI is InChI=1S/3C14H14Br2N2O2.Yb/c3*1-3-18(4-2)14(20)11-6-5-8-9(15)7-10(16)13(19)12(8)17-11;/h3*5-7,19H,3-4H2,1-2H3;/q;;;+3/p-3. The summed E-state index contributed by atoms with van der Waals surface area (Å²) in [7, 11) is 0. The number of benzene rings is 3. The minimum absolute atomic E-state index is 0. The van der Waals surface area contributed by atoms with E-state index in [1.165, 1.54) is 0 Å². The van der Waals surface area contributed by atoms with E-state index in [-0.39, 0.29) is 81.9 Å². The summed E-state index contributed by atoms with van der Waals surface area (Å²) < 4.78 is 3.60. The van der Waals surface area contributed by atoms with Gasteiger partial charge in [0.1, 0.15) is 17.1 Å². The second-order valence-corrected chi connectivity index (χ2v) is 17.8. The van der Waals surface area contributed by atoms with E-state index in [1.807, 2.05) is 41.5 Å². The van der Waals surface area contributed by atoms with E-state index in [9.17, 15) is 29.7 Å². The second-order valence-electron chi connectivity index (χ2n) is 12.7. The van der Waals surface area contributed by atoms with Gasteiger partial charge in [-0.3, -0.25) is 14.4 Å². The molecule has 3 heterocycles. The molecule has 6 rings (SSSR count). The van der Waals surface area contributed by atoms with Gasteiger partial charge in [-0.05, 0) is 96.1 Å². The van der Waals surface area contributed by atoms with Crippen LogP contribution in [0.1, 0.15) is 73.0 Å². The molecule has 3 aromatic heterocycles. The molecule has 19 heteroatoms. The molecule has 0 unspecified atom stereocenters. The molecular weight excluding hydrogens is 1340 g/mol. The minimum Gasteiger partial charge on any atom is -0.870 e. The predicted molar refractivity (Wildman–Crippen MR) is 252 cm³/mol. The van der Waals surface area contributed by atoms with Gasteiger partial charge >= 0.3 is 46.9 Å². The molecule has 329 valence electrons. The van der Waals surface area contributed by atoms with Crippen LogP contribution in [0.5, 0.6) is 17.2 Å². The average molecular weight is 1380 g/mol. The fourth-order valence-electron chi connectivity index (χ4n) is 5.95. The minimum atomic E-state index is -0.211. The number of hydrogen-bond acceptors (Lipinski definition) is 9. The van der Waals surface area contributed by atoms with Crippen LogP contribution in [0.4, 0.5) is 0 Å². The smallest absolute Gasteiger partial charge is 0.870 e. The Bertz CT molecular complexity index is 2300. The maximum absolute atomic E-state index is 12.3. The number of pyridine rings is 3. The van der Waals surface area contributed by atoms with Crippen LogP contribution in [0.2, 0.25) is 0 Å². The zero-order valence-electron chi connectivity index (χ0n) is 33.6. The van der Waals surface area contributed by atoms with E-state index in [2.05, 4.69) is 111 Å². The number of carbonyl (C=O) groups excluding carboxylic acids is 3. The molecule has 12 nitrogen and oxygen atoms in total. The Morgan fingerprint density at radius 1 is 0.426 bits per heavy atom. The maximum atomic E-state index is 12.3. The zero-order valence-corrected chi connectivity index (χ0v) is 44.8. The summed E-state index contributed by atoms with van der Waals surface area (Å²) >= 11 is 19.8. The van der Waals surface area contributed by atoms with E-state index in [4.69, 9.17) is 0 Å². The molecule has 0 aliphatic heterocycles. The van der Waals surface area contributed by atoms with Crippen molar-refractivity contribution in [3.63, 3.8) is 0 Å². The fourth-order valence-corrected chi connectivity index (χ4v) is 9.77. The van der Waals surface area contributed by atoms with Gasteiger partial charge in [0.25, 0.3) is 17.7 Å². The van der Waals surface area contributed by atoms with Crippen molar-refractivity contribution in [1.82, 2.24) is 29.7 Å². The van der Waals surface area contributed by atoms with E-state index in [0.29, 0.717) is 102 Å². The molecule has 0 spiro atoms. The van der Waals surface area contributed by atoms with Crippen molar-refractivity contribution in [2.24, 2.45) is 0 Å². The van der Waals surface area contributed by atoms with Crippen LogP contribution in [-0.2, 0) is 0 Å². The molecule has 3 amide bonds. The van der Waals surface area contributed by atoms with Crippen LogP contribution in [0.25, 0.3) is 32.7 Å². The molecule has 61 heavy (non-hydrogen) atoms. The molecule has 0 aliphatic carbocycles. The summed E-state index contributed by atoms with van der Waals surface area (Å²) in [4.78, 5) is 54.6. The third kappa shape index (κ3) is 12.5. The molecule has 0 saturated carbocycles. The Kier molecular flexibility index (Phi) is 21.4. The van der Waals surface area contributed by atoms with Gasteiger partial charge in [-0.15, -0.1) is 0 Å². The van der Waals surface area contributed by atoms with Gasteiger partial charge in [-0.1, -0.05) is 113 Å². The Morgan fingerprint density at radius 3 is 0.836 bits per heavy atom. The summed E-state index contributed by atoms with van der Waals surface area (Å²) in [6.07, 6.45) is 0. The van der Waals surface area contributed by atoms with Crippen LogP contribution >= 0.6 is 95.6 Å². The van der Waals surface area contributed by atoms with Crippen LogP contribution in [0.3, 0.4) is 0 Å². The first-order valence-electron chi connectivity index (χ1n) is 18.7. The van der Waals surface area contributed by atoms with Crippen LogP contribution in [0, 0.1) is 46.9 Å². The van der Waals surface area contributed by atoms with E-state index >= 15 is 0 Å². The van der Waals surface area contributed by atoms with Gasteiger partial charge in [0.15, 0.2) is 0 Å². The van der Waals surface area contributed by atoms with Gasteiger partial charge < -0.3 is 30.0 Å². The molecule has 0 atom stereocenters. The van der Waals surface area contributed by atoms with Gasteiger partial charge in [-0.2, -0.15) is 0 Å². The van der Waals surface area contributed by atoms with Crippen LogP contribution in [-0.4, -0.2) is 86.6 Å². The third-order valence-electron chi connectivity index (χ3n) is 9.32. The predicted octanol–water partition coefficient (Wildman–Crippen LogP) is 9.95. The number of halogens is 6. The molecule has 0 aliphatic rings. The second kappa shape index (κ2) is 24.4. The Morgan fingerprint density at radius 2 is 0.639 bits per heavy atom. The fraction of sp³-hybridized carbons (Fsp3) is 0.286. The van der Waals surface area contributed by atoms with Crippen LogP contribution in [0.15, 0.2) is 81.4 Å². The Hall–Kier alpha value is -1.90. The van der Waals surface area contributed by atoms with E-state index < -0.39 is 0 Å². The number of rotatable bonds is 9. The number of carbonyl (C=O) groups is 3. The molecule has 0 N–H and O–H groups in total. The molecule has 0 fully saturated rings. The summed E-state index contributed by atoms with van der Waals surface area (Å²) in [5.41, 5.74) is 1.77. The number of amides is 3. The van der Waals surface area contributed by atoms with Crippen molar-refractivity contribution < 1.29 is 76.6 Å². The first-order valence-corrected chi connectivity index (χ1v) is 23.5. The molecule has 6 aromatic rings. The van der Waals surface area contributed by atoms with Crippen molar-refractivity contribution in [1.29, 1.82) is 0 Å². The molecular formula is C42H39Br6N6O6Yb. The van der Waals surface area contributed by atoms with Gasteiger partial charge in [-0.25, -0.2) is 15.0 Å². The largest absolute Gasteiger partial charge is 3.00 e. The van der Waals surface area contributed by atoms with Gasteiger partial charge in [0.05, 0.1) is 16.6 Å². The monoisotopic (exact) mass is 1370 g/mol. The van der Waals surface area contributed by atoms with Gasteiger partial charge in [0.2, 0.25) is 0 Å². The normalized spacial score (nSPS) is 10.6. The summed E-state index contributed by atoms with van der Waals surface area (Å²) in [5.74, 6) is -1.11.